The van der Waals surface area contributed by atoms with Gasteiger partial charge in [-0.15, -0.1) is 0 Å². The molecule has 0 saturated heterocycles. The Kier molecular flexibility index (Phi) is 6.90. The molecule has 0 aliphatic heterocycles. The fraction of sp³-hybridized carbons (Fsp3) is 0.409. The van der Waals surface area contributed by atoms with Gasteiger partial charge in [-0.05, 0) is 70.4 Å². The number of benzene rings is 2. The summed E-state index contributed by atoms with van der Waals surface area (Å²) in [7, 11) is 5.82. The summed E-state index contributed by atoms with van der Waals surface area (Å²) >= 11 is 0. The number of ether oxygens (including phenoxy) is 2. The first-order valence-electron chi connectivity index (χ1n) is 9.77. The lowest BCUT2D eigenvalue weighted by atomic mass is 10.1. The van der Waals surface area contributed by atoms with Gasteiger partial charge in [0.15, 0.2) is 5.43 Å². The molecule has 2 N–H and O–H groups in total. The van der Waals surface area contributed by atoms with Crippen LogP contribution in [0.5, 0.6) is 11.5 Å². The Labute approximate surface area is 165 Å². The van der Waals surface area contributed by atoms with Crippen LogP contribution >= 0.6 is 0 Å². The minimum Gasteiger partial charge on any atom is -0.494 e. The van der Waals surface area contributed by atoms with Crippen LogP contribution in [0.1, 0.15) is 12.8 Å². The summed E-state index contributed by atoms with van der Waals surface area (Å²) in [5.41, 5.74) is 1.77. The topological polar surface area (TPSA) is 64.5 Å². The number of aromatic nitrogens is 1. The lowest BCUT2D eigenvalue weighted by Gasteiger charge is -2.14. The van der Waals surface area contributed by atoms with E-state index in [4.69, 9.17) is 9.47 Å². The van der Waals surface area contributed by atoms with Crippen LogP contribution in [0.4, 0.5) is 0 Å². The van der Waals surface area contributed by atoms with Gasteiger partial charge in [-0.3, -0.25) is 4.79 Å². The largest absolute Gasteiger partial charge is 0.494 e. The van der Waals surface area contributed by atoms with E-state index in [2.05, 4.69) is 10.6 Å². The second-order valence-electron chi connectivity index (χ2n) is 6.86. The summed E-state index contributed by atoms with van der Waals surface area (Å²) in [5.74, 6) is 1.51. The zero-order valence-electron chi connectivity index (χ0n) is 16.9. The third-order valence-corrected chi connectivity index (χ3v) is 4.83. The van der Waals surface area contributed by atoms with Gasteiger partial charge in [-0.1, -0.05) is 0 Å². The molecule has 0 unspecified atom stereocenters. The number of nitrogens with zero attached hydrogens (tertiary/aromatic N) is 1. The van der Waals surface area contributed by atoms with E-state index in [0.29, 0.717) is 24.0 Å². The van der Waals surface area contributed by atoms with Crippen LogP contribution in [0.3, 0.4) is 0 Å². The van der Waals surface area contributed by atoms with Crippen molar-refractivity contribution >= 4 is 21.8 Å². The van der Waals surface area contributed by atoms with E-state index in [1.807, 2.05) is 62.1 Å². The first-order valence-corrected chi connectivity index (χ1v) is 9.77. The number of pyridine rings is 1. The summed E-state index contributed by atoms with van der Waals surface area (Å²) in [5, 5.41) is 7.56. The fourth-order valence-electron chi connectivity index (χ4n) is 3.30. The molecule has 0 saturated carbocycles. The standard InChI is InChI=1S/C22H29N3O3/c1-23-10-4-12-27-16-7-9-20-19(14-16)22(26)18-8-6-17(15-21(18)25(20)3)28-13-5-11-24-2/h6-9,14-15,23-24H,4-5,10-13H2,1-3H3. The molecule has 6 heteroatoms. The summed E-state index contributed by atoms with van der Waals surface area (Å²) < 4.78 is 13.7. The highest BCUT2D eigenvalue weighted by Gasteiger charge is 2.11. The summed E-state index contributed by atoms with van der Waals surface area (Å²) in [4.78, 5) is 13.1. The molecule has 1 heterocycles. The number of aryl methyl sites for hydroxylation is 1. The molecule has 28 heavy (non-hydrogen) atoms. The maximum absolute atomic E-state index is 13.1. The molecule has 0 atom stereocenters. The Morgan fingerprint density at radius 1 is 0.821 bits per heavy atom. The quantitative estimate of drug-likeness (QED) is 0.416. The first kappa shape index (κ1) is 20.2. The Balaban J connectivity index is 1.91. The SMILES string of the molecule is CNCCCOc1ccc2c(c1)c(=O)c1ccc(OCCCNC)cc1n2C. The van der Waals surface area contributed by atoms with Crippen LogP contribution in [-0.4, -0.2) is 45.0 Å². The van der Waals surface area contributed by atoms with Crippen LogP contribution < -0.4 is 25.5 Å². The van der Waals surface area contributed by atoms with Crippen molar-refractivity contribution < 1.29 is 9.47 Å². The maximum atomic E-state index is 13.1. The molecular formula is C22H29N3O3. The van der Waals surface area contributed by atoms with E-state index in [1.54, 1.807) is 0 Å². The van der Waals surface area contributed by atoms with Crippen LogP contribution in [-0.2, 0) is 7.05 Å². The van der Waals surface area contributed by atoms with Gasteiger partial charge in [0.25, 0.3) is 0 Å². The average Bonchev–Trinajstić information content (AvgIpc) is 2.72. The van der Waals surface area contributed by atoms with Crippen molar-refractivity contribution in [1.82, 2.24) is 15.2 Å². The third-order valence-electron chi connectivity index (χ3n) is 4.83. The van der Waals surface area contributed by atoms with Crippen molar-refractivity contribution in [3.63, 3.8) is 0 Å². The van der Waals surface area contributed by atoms with E-state index in [-0.39, 0.29) is 5.43 Å². The zero-order valence-corrected chi connectivity index (χ0v) is 16.9. The van der Waals surface area contributed by atoms with Crippen molar-refractivity contribution in [2.45, 2.75) is 12.8 Å². The minimum atomic E-state index is 0.0190. The van der Waals surface area contributed by atoms with Crippen molar-refractivity contribution in [3.05, 3.63) is 46.6 Å². The number of hydrogen-bond donors (Lipinski definition) is 2. The molecule has 2 aromatic carbocycles. The molecule has 0 aliphatic carbocycles. The summed E-state index contributed by atoms with van der Waals surface area (Å²) in [6.45, 7) is 3.08. The lowest BCUT2D eigenvalue weighted by molar-refractivity contribution is 0.310. The van der Waals surface area contributed by atoms with E-state index >= 15 is 0 Å². The molecule has 0 bridgehead atoms. The van der Waals surface area contributed by atoms with Gasteiger partial charge in [-0.25, -0.2) is 0 Å². The predicted octanol–water partition coefficient (Wildman–Crippen LogP) is 2.67. The highest BCUT2D eigenvalue weighted by atomic mass is 16.5. The van der Waals surface area contributed by atoms with Gasteiger partial charge in [0.1, 0.15) is 11.5 Å². The average molecular weight is 383 g/mol. The van der Waals surface area contributed by atoms with Crippen molar-refractivity contribution in [1.29, 1.82) is 0 Å². The second kappa shape index (κ2) is 9.57. The zero-order chi connectivity index (χ0) is 19.9. The first-order chi connectivity index (χ1) is 13.7. The lowest BCUT2D eigenvalue weighted by Crippen LogP contribution is -2.13. The predicted molar refractivity (Wildman–Crippen MR) is 115 cm³/mol. The Morgan fingerprint density at radius 3 is 2.07 bits per heavy atom. The maximum Gasteiger partial charge on any atom is 0.197 e. The third kappa shape index (κ3) is 4.46. The molecule has 0 radical (unpaired) electrons. The monoisotopic (exact) mass is 383 g/mol. The molecule has 3 aromatic rings. The second-order valence-corrected chi connectivity index (χ2v) is 6.86. The highest BCUT2D eigenvalue weighted by Crippen LogP contribution is 2.25. The van der Waals surface area contributed by atoms with Crippen LogP contribution in [0.25, 0.3) is 21.8 Å². The molecule has 3 rings (SSSR count). The van der Waals surface area contributed by atoms with Crippen molar-refractivity contribution in [3.8, 4) is 11.5 Å². The Morgan fingerprint density at radius 2 is 1.43 bits per heavy atom. The van der Waals surface area contributed by atoms with Gasteiger partial charge >= 0.3 is 0 Å². The van der Waals surface area contributed by atoms with E-state index in [1.165, 1.54) is 0 Å². The van der Waals surface area contributed by atoms with Gasteiger partial charge in [0.05, 0.1) is 24.2 Å². The van der Waals surface area contributed by atoms with Crippen LogP contribution in [0, 0.1) is 0 Å². The summed E-state index contributed by atoms with van der Waals surface area (Å²) in [6, 6.07) is 11.4. The van der Waals surface area contributed by atoms with E-state index < -0.39 is 0 Å². The molecule has 6 nitrogen and oxygen atoms in total. The van der Waals surface area contributed by atoms with Crippen LogP contribution in [0.2, 0.25) is 0 Å². The molecule has 0 fully saturated rings. The highest BCUT2D eigenvalue weighted by molar-refractivity contribution is 5.94. The number of rotatable bonds is 10. The van der Waals surface area contributed by atoms with Gasteiger partial charge in [0.2, 0.25) is 0 Å². The molecule has 0 amide bonds. The smallest absolute Gasteiger partial charge is 0.197 e. The van der Waals surface area contributed by atoms with E-state index in [0.717, 1.165) is 48.5 Å². The minimum absolute atomic E-state index is 0.0190. The van der Waals surface area contributed by atoms with Gasteiger partial charge in [-0.2, -0.15) is 0 Å². The van der Waals surface area contributed by atoms with Crippen molar-refractivity contribution in [2.75, 3.05) is 40.4 Å². The molecular weight excluding hydrogens is 354 g/mol. The van der Waals surface area contributed by atoms with E-state index in [9.17, 15) is 4.79 Å². The molecule has 1 aromatic heterocycles. The molecule has 0 spiro atoms. The number of nitrogens with one attached hydrogen (secondary N) is 2. The van der Waals surface area contributed by atoms with Gasteiger partial charge in [0, 0.05) is 23.9 Å². The fourth-order valence-corrected chi connectivity index (χ4v) is 3.30. The number of fused-ring (bicyclic) bond motifs is 2. The number of hydrogen-bond acceptors (Lipinski definition) is 5. The molecule has 0 aliphatic rings. The van der Waals surface area contributed by atoms with Crippen molar-refractivity contribution in [2.24, 2.45) is 7.05 Å². The Hall–Kier alpha value is -2.57. The summed E-state index contributed by atoms with van der Waals surface area (Å²) in [6.07, 6.45) is 1.85. The van der Waals surface area contributed by atoms with Crippen LogP contribution in [0.15, 0.2) is 41.2 Å². The molecule has 150 valence electrons. The Bertz CT molecular complexity index is 998. The van der Waals surface area contributed by atoms with Gasteiger partial charge < -0.3 is 24.7 Å². The normalized spacial score (nSPS) is 11.2.